The molecule has 0 bridgehead atoms. The molecule has 3 heteroatoms. The molecular formula is C20H38O3. The molecule has 0 amide bonds. The summed E-state index contributed by atoms with van der Waals surface area (Å²) in [5.41, 5.74) is 0. The standard InChI is InChI=1S/C20H38O3/c1-16(2)18-13-12-17(3)15-19(18)23-20(22)11-9-7-5-4-6-8-10-14-21/h16-19,21H,4-15H2,1-3H3/t17-,18+,19-/m1/s1. The van der Waals surface area contributed by atoms with Gasteiger partial charge in [-0.25, -0.2) is 0 Å². The van der Waals surface area contributed by atoms with Crippen LogP contribution in [0.25, 0.3) is 0 Å². The van der Waals surface area contributed by atoms with Gasteiger partial charge in [0.25, 0.3) is 0 Å². The molecule has 3 nitrogen and oxygen atoms in total. The summed E-state index contributed by atoms with van der Waals surface area (Å²) in [7, 11) is 0. The maximum atomic E-state index is 12.1. The number of carbonyl (C=O) groups is 1. The maximum absolute atomic E-state index is 12.1. The summed E-state index contributed by atoms with van der Waals surface area (Å²) in [6.07, 6.45) is 11.9. The molecule has 0 spiro atoms. The van der Waals surface area contributed by atoms with Crippen LogP contribution in [0.1, 0.15) is 91.4 Å². The van der Waals surface area contributed by atoms with Crippen LogP contribution in [-0.2, 0) is 9.53 Å². The highest BCUT2D eigenvalue weighted by Crippen LogP contribution is 2.35. The van der Waals surface area contributed by atoms with Gasteiger partial charge in [-0.15, -0.1) is 0 Å². The number of aliphatic hydroxyl groups is 1. The fourth-order valence-electron chi connectivity index (χ4n) is 3.74. The average molecular weight is 327 g/mol. The van der Waals surface area contributed by atoms with Gasteiger partial charge in [0.2, 0.25) is 0 Å². The largest absolute Gasteiger partial charge is 0.462 e. The third kappa shape index (κ3) is 8.74. The number of unbranched alkanes of at least 4 members (excludes halogenated alkanes) is 6. The molecule has 0 aromatic rings. The van der Waals surface area contributed by atoms with Crippen LogP contribution in [0.3, 0.4) is 0 Å². The first-order valence-electron chi connectivity index (χ1n) is 9.85. The van der Waals surface area contributed by atoms with Crippen LogP contribution in [0.5, 0.6) is 0 Å². The molecule has 136 valence electrons. The van der Waals surface area contributed by atoms with E-state index >= 15 is 0 Å². The smallest absolute Gasteiger partial charge is 0.306 e. The Morgan fingerprint density at radius 3 is 2.26 bits per heavy atom. The van der Waals surface area contributed by atoms with Crippen molar-refractivity contribution in [2.24, 2.45) is 17.8 Å². The first-order chi connectivity index (χ1) is 11.0. The van der Waals surface area contributed by atoms with Gasteiger partial charge in [-0.05, 0) is 43.4 Å². The van der Waals surface area contributed by atoms with E-state index in [-0.39, 0.29) is 12.1 Å². The van der Waals surface area contributed by atoms with E-state index in [0.29, 0.717) is 30.8 Å². The summed E-state index contributed by atoms with van der Waals surface area (Å²) in [6, 6.07) is 0. The van der Waals surface area contributed by atoms with Gasteiger partial charge in [0.05, 0.1) is 0 Å². The van der Waals surface area contributed by atoms with Crippen LogP contribution >= 0.6 is 0 Å². The summed E-state index contributed by atoms with van der Waals surface area (Å²) < 4.78 is 5.83. The zero-order valence-electron chi connectivity index (χ0n) is 15.6. The maximum Gasteiger partial charge on any atom is 0.306 e. The lowest BCUT2D eigenvalue weighted by Gasteiger charge is -2.36. The lowest BCUT2D eigenvalue weighted by Crippen LogP contribution is -2.35. The number of aliphatic hydroxyl groups excluding tert-OH is 1. The van der Waals surface area contributed by atoms with Crippen molar-refractivity contribution in [3.05, 3.63) is 0 Å². The molecule has 3 atom stereocenters. The van der Waals surface area contributed by atoms with Gasteiger partial charge in [-0.2, -0.15) is 0 Å². The molecule has 1 N–H and O–H groups in total. The molecule has 0 saturated heterocycles. The molecule has 0 unspecified atom stereocenters. The predicted octanol–water partition coefficient (Wildman–Crippen LogP) is 5.10. The monoisotopic (exact) mass is 326 g/mol. The van der Waals surface area contributed by atoms with Crippen LogP contribution in [-0.4, -0.2) is 23.8 Å². The highest BCUT2D eigenvalue weighted by atomic mass is 16.5. The van der Waals surface area contributed by atoms with Gasteiger partial charge in [0.1, 0.15) is 6.10 Å². The second-order valence-corrected chi connectivity index (χ2v) is 7.80. The van der Waals surface area contributed by atoms with E-state index in [9.17, 15) is 4.79 Å². The Labute approximate surface area is 143 Å². The Kier molecular flexibility index (Phi) is 10.6. The van der Waals surface area contributed by atoms with Gasteiger partial charge >= 0.3 is 5.97 Å². The molecule has 1 rings (SSSR count). The second-order valence-electron chi connectivity index (χ2n) is 7.80. The van der Waals surface area contributed by atoms with Crippen LogP contribution in [0.2, 0.25) is 0 Å². The minimum Gasteiger partial charge on any atom is -0.462 e. The first kappa shape index (κ1) is 20.5. The third-order valence-corrected chi connectivity index (χ3v) is 5.28. The van der Waals surface area contributed by atoms with E-state index in [4.69, 9.17) is 9.84 Å². The Balaban J connectivity index is 2.14. The van der Waals surface area contributed by atoms with Crippen molar-refractivity contribution >= 4 is 5.97 Å². The number of hydrogen-bond acceptors (Lipinski definition) is 3. The Morgan fingerprint density at radius 1 is 1.04 bits per heavy atom. The van der Waals surface area contributed by atoms with Crippen molar-refractivity contribution in [1.82, 2.24) is 0 Å². The van der Waals surface area contributed by atoms with Crippen LogP contribution in [0.4, 0.5) is 0 Å². The predicted molar refractivity (Wildman–Crippen MR) is 95.2 cm³/mol. The van der Waals surface area contributed by atoms with Crippen molar-refractivity contribution in [1.29, 1.82) is 0 Å². The normalized spacial score (nSPS) is 24.8. The first-order valence-corrected chi connectivity index (χ1v) is 9.85. The molecule has 1 aliphatic carbocycles. The molecule has 1 saturated carbocycles. The van der Waals surface area contributed by atoms with E-state index in [2.05, 4.69) is 20.8 Å². The van der Waals surface area contributed by atoms with E-state index in [1.165, 1.54) is 32.1 Å². The average Bonchev–Trinajstić information content (AvgIpc) is 2.49. The second kappa shape index (κ2) is 11.9. The lowest BCUT2D eigenvalue weighted by molar-refractivity contribution is -0.156. The quantitative estimate of drug-likeness (QED) is 0.424. The van der Waals surface area contributed by atoms with Crippen LogP contribution in [0, 0.1) is 17.8 Å². The van der Waals surface area contributed by atoms with Crippen molar-refractivity contribution in [2.75, 3.05) is 6.61 Å². The Morgan fingerprint density at radius 2 is 1.65 bits per heavy atom. The van der Waals surface area contributed by atoms with Gasteiger partial charge in [0, 0.05) is 13.0 Å². The zero-order valence-corrected chi connectivity index (χ0v) is 15.6. The van der Waals surface area contributed by atoms with E-state index in [0.717, 1.165) is 32.1 Å². The highest BCUT2D eigenvalue weighted by Gasteiger charge is 2.33. The summed E-state index contributed by atoms with van der Waals surface area (Å²) >= 11 is 0. The minimum atomic E-state index is 0.00929. The molecule has 0 aliphatic heterocycles. The number of ether oxygens (including phenoxy) is 1. The Bertz CT molecular complexity index is 314. The van der Waals surface area contributed by atoms with Gasteiger partial charge in [0.15, 0.2) is 0 Å². The molecule has 23 heavy (non-hydrogen) atoms. The van der Waals surface area contributed by atoms with E-state index in [1.807, 2.05) is 0 Å². The number of esters is 1. The zero-order chi connectivity index (χ0) is 17.1. The van der Waals surface area contributed by atoms with E-state index < -0.39 is 0 Å². The van der Waals surface area contributed by atoms with Crippen molar-refractivity contribution in [2.45, 2.75) is 97.5 Å². The number of hydrogen-bond donors (Lipinski definition) is 1. The SMILES string of the molecule is CC(C)[C@@H]1CC[C@@H](C)C[C@H]1OC(=O)CCCCCCCCCO. The number of carbonyl (C=O) groups excluding carboxylic acids is 1. The molecule has 0 aromatic heterocycles. The fourth-order valence-corrected chi connectivity index (χ4v) is 3.74. The highest BCUT2D eigenvalue weighted by molar-refractivity contribution is 5.69. The summed E-state index contributed by atoms with van der Waals surface area (Å²) in [5.74, 6) is 1.83. The van der Waals surface area contributed by atoms with Gasteiger partial charge in [-0.3, -0.25) is 4.79 Å². The fraction of sp³-hybridized carbons (Fsp3) is 0.950. The van der Waals surface area contributed by atoms with Crippen molar-refractivity contribution < 1.29 is 14.6 Å². The summed E-state index contributed by atoms with van der Waals surface area (Å²) in [5, 5.41) is 8.72. The number of rotatable bonds is 11. The minimum absolute atomic E-state index is 0.00929. The van der Waals surface area contributed by atoms with Gasteiger partial charge < -0.3 is 9.84 Å². The molecule has 1 aliphatic rings. The van der Waals surface area contributed by atoms with Gasteiger partial charge in [-0.1, -0.05) is 59.3 Å². The topological polar surface area (TPSA) is 46.5 Å². The third-order valence-electron chi connectivity index (χ3n) is 5.28. The van der Waals surface area contributed by atoms with Crippen molar-refractivity contribution in [3.63, 3.8) is 0 Å². The summed E-state index contributed by atoms with van der Waals surface area (Å²) in [4.78, 5) is 12.1. The summed E-state index contributed by atoms with van der Waals surface area (Å²) in [6.45, 7) is 7.08. The van der Waals surface area contributed by atoms with Crippen LogP contribution < -0.4 is 0 Å². The molecule has 0 radical (unpaired) electrons. The molecule has 1 fully saturated rings. The Hall–Kier alpha value is -0.570. The van der Waals surface area contributed by atoms with E-state index in [1.54, 1.807) is 0 Å². The molecule has 0 heterocycles. The van der Waals surface area contributed by atoms with Crippen molar-refractivity contribution in [3.8, 4) is 0 Å². The molecule has 0 aromatic carbocycles. The lowest BCUT2D eigenvalue weighted by atomic mass is 9.75. The molecular weight excluding hydrogens is 288 g/mol. The van der Waals surface area contributed by atoms with Crippen LogP contribution in [0.15, 0.2) is 0 Å².